The highest BCUT2D eigenvalue weighted by Crippen LogP contribution is 2.36. The number of hydrogen-bond acceptors (Lipinski definition) is 5. The summed E-state index contributed by atoms with van der Waals surface area (Å²) in [6.07, 6.45) is 6.75. The summed E-state index contributed by atoms with van der Waals surface area (Å²) in [4.78, 5) is 27.4. The van der Waals surface area contributed by atoms with Crippen molar-refractivity contribution in [3.05, 3.63) is 45.3 Å². The Morgan fingerprint density at radius 3 is 2.71 bits per heavy atom. The van der Waals surface area contributed by atoms with Crippen LogP contribution < -0.4 is 5.56 Å². The van der Waals surface area contributed by atoms with Crippen LogP contribution in [0.4, 0.5) is 0 Å². The van der Waals surface area contributed by atoms with Gasteiger partial charge < -0.3 is 4.90 Å². The molecule has 3 aromatic heterocycles. The Hall–Kier alpha value is -2.05. The summed E-state index contributed by atoms with van der Waals surface area (Å²) in [5.41, 5.74) is 2.33. The van der Waals surface area contributed by atoms with Crippen molar-refractivity contribution in [1.82, 2.24) is 19.4 Å². The first-order valence-electron chi connectivity index (χ1n) is 10.3. The number of likely N-dealkylation sites (N-methyl/N-ethyl adjacent to an activating group) is 1. The van der Waals surface area contributed by atoms with Gasteiger partial charge in [-0.1, -0.05) is 20.8 Å². The van der Waals surface area contributed by atoms with Crippen LogP contribution in [0.3, 0.4) is 0 Å². The Kier molecular flexibility index (Phi) is 5.60. The van der Waals surface area contributed by atoms with Gasteiger partial charge in [-0.3, -0.25) is 14.3 Å². The van der Waals surface area contributed by atoms with Gasteiger partial charge in [0.25, 0.3) is 5.56 Å². The van der Waals surface area contributed by atoms with E-state index in [0.717, 1.165) is 60.5 Å². The van der Waals surface area contributed by atoms with Crippen molar-refractivity contribution in [3.63, 3.8) is 0 Å². The summed E-state index contributed by atoms with van der Waals surface area (Å²) in [7, 11) is 0. The van der Waals surface area contributed by atoms with Gasteiger partial charge >= 0.3 is 0 Å². The smallest absolute Gasteiger partial charge is 0.262 e. The summed E-state index contributed by atoms with van der Waals surface area (Å²) in [6, 6.07) is 3.88. The van der Waals surface area contributed by atoms with Gasteiger partial charge in [-0.05, 0) is 56.0 Å². The lowest BCUT2D eigenvalue weighted by Gasteiger charge is -2.20. The van der Waals surface area contributed by atoms with E-state index in [1.807, 2.05) is 16.7 Å². The molecule has 148 valence electrons. The Labute approximate surface area is 170 Å². The molecule has 0 spiro atoms. The minimum atomic E-state index is 0.121. The number of aryl methyl sites for hydroxylation is 1. The molecule has 6 heteroatoms. The molecule has 4 rings (SSSR count). The zero-order valence-electron chi connectivity index (χ0n) is 16.9. The molecule has 0 radical (unpaired) electrons. The fourth-order valence-electron chi connectivity index (χ4n) is 4.13. The molecule has 3 heterocycles. The fourth-order valence-corrected chi connectivity index (χ4v) is 5.51. The highest BCUT2D eigenvalue weighted by atomic mass is 32.1. The molecular weight excluding hydrogens is 368 g/mol. The second-order valence-corrected chi connectivity index (χ2v) is 8.77. The second-order valence-electron chi connectivity index (χ2n) is 7.69. The summed E-state index contributed by atoms with van der Waals surface area (Å²) in [6.45, 7) is 10.1. The Bertz CT molecular complexity index is 1020. The number of fused-ring (bicyclic) bond motifs is 3. The molecule has 1 unspecified atom stereocenters. The monoisotopic (exact) mass is 396 g/mol. The third-order valence-corrected chi connectivity index (χ3v) is 7.04. The molecule has 0 saturated carbocycles. The summed E-state index contributed by atoms with van der Waals surface area (Å²) < 4.78 is 1.89. The van der Waals surface area contributed by atoms with E-state index in [1.54, 1.807) is 23.7 Å². The van der Waals surface area contributed by atoms with Crippen molar-refractivity contribution in [2.45, 2.75) is 46.6 Å². The standard InChI is InChI=1S/C22H28N4OS/c1-4-25(5-2)12-13-26-20(16-8-10-23-11-9-16)24-21-19(22(26)27)17-7-6-15(3)14-18(17)28-21/h8-11,15H,4-7,12-14H2,1-3H3. The van der Waals surface area contributed by atoms with Gasteiger partial charge in [0.15, 0.2) is 0 Å². The quantitative estimate of drug-likeness (QED) is 0.632. The Morgan fingerprint density at radius 2 is 2.00 bits per heavy atom. The SMILES string of the molecule is CCN(CC)CCn1c(-c2ccncc2)nc2sc3c(c2c1=O)CCC(C)C3. The summed E-state index contributed by atoms with van der Waals surface area (Å²) in [5, 5.41) is 0.865. The molecule has 3 aromatic rings. The minimum Gasteiger partial charge on any atom is -0.302 e. The van der Waals surface area contributed by atoms with Crippen LogP contribution in [-0.4, -0.2) is 39.1 Å². The number of rotatable bonds is 6. The first-order valence-corrected chi connectivity index (χ1v) is 11.1. The number of nitrogens with zero attached hydrogens (tertiary/aromatic N) is 4. The first-order chi connectivity index (χ1) is 13.6. The lowest BCUT2D eigenvalue weighted by molar-refractivity contribution is 0.289. The molecule has 1 aliphatic carbocycles. The van der Waals surface area contributed by atoms with Crippen LogP contribution in [0.5, 0.6) is 0 Å². The molecule has 0 bridgehead atoms. The van der Waals surface area contributed by atoms with Crippen LogP contribution in [0.15, 0.2) is 29.3 Å². The van der Waals surface area contributed by atoms with E-state index in [1.165, 1.54) is 10.4 Å². The lowest BCUT2D eigenvalue weighted by Crippen LogP contribution is -2.32. The third-order valence-electron chi connectivity index (χ3n) is 5.89. The Morgan fingerprint density at radius 1 is 1.25 bits per heavy atom. The first kappa shape index (κ1) is 19.3. The van der Waals surface area contributed by atoms with Crippen molar-refractivity contribution in [1.29, 1.82) is 0 Å². The maximum Gasteiger partial charge on any atom is 0.262 e. The number of thiophene rings is 1. The zero-order valence-corrected chi connectivity index (χ0v) is 17.8. The van der Waals surface area contributed by atoms with E-state index in [0.29, 0.717) is 12.5 Å². The van der Waals surface area contributed by atoms with Gasteiger partial charge in [0.05, 0.1) is 5.39 Å². The zero-order chi connectivity index (χ0) is 19.7. The van der Waals surface area contributed by atoms with E-state index < -0.39 is 0 Å². The molecule has 0 saturated heterocycles. The predicted molar refractivity (Wildman–Crippen MR) is 116 cm³/mol. The number of pyridine rings is 1. The summed E-state index contributed by atoms with van der Waals surface area (Å²) in [5.74, 6) is 1.45. The minimum absolute atomic E-state index is 0.121. The lowest BCUT2D eigenvalue weighted by atomic mass is 9.89. The van der Waals surface area contributed by atoms with Crippen molar-refractivity contribution in [2.75, 3.05) is 19.6 Å². The highest BCUT2D eigenvalue weighted by Gasteiger charge is 2.25. The Balaban J connectivity index is 1.88. The van der Waals surface area contributed by atoms with Crippen molar-refractivity contribution < 1.29 is 0 Å². The average Bonchev–Trinajstić information content (AvgIpc) is 3.08. The van der Waals surface area contributed by atoms with Crippen molar-refractivity contribution >= 4 is 21.6 Å². The summed E-state index contributed by atoms with van der Waals surface area (Å²) >= 11 is 1.72. The molecule has 0 N–H and O–H groups in total. The molecule has 1 atom stereocenters. The normalized spacial score (nSPS) is 16.6. The van der Waals surface area contributed by atoms with Gasteiger partial charge in [0.2, 0.25) is 0 Å². The van der Waals surface area contributed by atoms with Crippen molar-refractivity contribution in [3.8, 4) is 11.4 Å². The van der Waals surface area contributed by atoms with Crippen LogP contribution in [0, 0.1) is 5.92 Å². The van der Waals surface area contributed by atoms with Crippen LogP contribution in [-0.2, 0) is 19.4 Å². The number of hydrogen-bond donors (Lipinski definition) is 0. The molecule has 0 amide bonds. The van der Waals surface area contributed by atoms with Crippen LogP contribution >= 0.6 is 11.3 Å². The van der Waals surface area contributed by atoms with E-state index in [2.05, 4.69) is 30.7 Å². The maximum absolute atomic E-state index is 13.6. The largest absolute Gasteiger partial charge is 0.302 e. The average molecular weight is 397 g/mol. The van der Waals surface area contributed by atoms with Gasteiger partial charge in [0.1, 0.15) is 10.7 Å². The highest BCUT2D eigenvalue weighted by molar-refractivity contribution is 7.18. The molecule has 0 aliphatic heterocycles. The molecule has 28 heavy (non-hydrogen) atoms. The maximum atomic E-state index is 13.6. The molecule has 0 aromatic carbocycles. The molecule has 0 fully saturated rings. The van der Waals surface area contributed by atoms with Gasteiger partial charge in [-0.2, -0.15) is 0 Å². The topological polar surface area (TPSA) is 51.0 Å². The van der Waals surface area contributed by atoms with Gasteiger partial charge in [-0.25, -0.2) is 4.98 Å². The van der Waals surface area contributed by atoms with Gasteiger partial charge in [-0.15, -0.1) is 11.3 Å². The molecule has 1 aliphatic rings. The van der Waals surface area contributed by atoms with E-state index in [4.69, 9.17) is 4.98 Å². The van der Waals surface area contributed by atoms with Crippen LogP contribution in [0.1, 0.15) is 37.6 Å². The van der Waals surface area contributed by atoms with Crippen LogP contribution in [0.2, 0.25) is 0 Å². The van der Waals surface area contributed by atoms with E-state index >= 15 is 0 Å². The fraction of sp³-hybridized carbons (Fsp3) is 0.500. The molecular formula is C22H28N4OS. The van der Waals surface area contributed by atoms with E-state index in [9.17, 15) is 4.79 Å². The molecule has 5 nitrogen and oxygen atoms in total. The second kappa shape index (κ2) is 8.13. The third kappa shape index (κ3) is 3.51. The van der Waals surface area contributed by atoms with Gasteiger partial charge in [0, 0.05) is 35.9 Å². The van der Waals surface area contributed by atoms with Crippen LogP contribution in [0.25, 0.3) is 21.6 Å². The predicted octanol–water partition coefficient (Wildman–Crippen LogP) is 3.99. The van der Waals surface area contributed by atoms with Crippen molar-refractivity contribution in [2.24, 2.45) is 5.92 Å². The van der Waals surface area contributed by atoms with E-state index in [-0.39, 0.29) is 5.56 Å². The number of aromatic nitrogens is 3.